The molecular weight excluding hydrogens is 276 g/mol. The standard InChI is InChI=1S/C14H14N2O3S/c1-9-5-6-20-12(9)8-16-13(17)11-4-3-10(7-15-11)14(18)19-2/h3-7H,8H2,1-2H3,(H,16,17). The molecule has 2 aromatic heterocycles. The highest BCUT2D eigenvalue weighted by atomic mass is 32.1. The van der Waals surface area contributed by atoms with Crippen LogP contribution in [0.4, 0.5) is 0 Å². The summed E-state index contributed by atoms with van der Waals surface area (Å²) in [5, 5.41) is 4.78. The Hall–Kier alpha value is -2.21. The average molecular weight is 290 g/mol. The third kappa shape index (κ3) is 3.21. The molecule has 2 heterocycles. The average Bonchev–Trinajstić information content (AvgIpc) is 2.89. The van der Waals surface area contributed by atoms with E-state index in [0.717, 1.165) is 10.4 Å². The Morgan fingerprint density at radius 2 is 2.15 bits per heavy atom. The molecule has 2 rings (SSSR count). The maximum absolute atomic E-state index is 11.9. The quantitative estimate of drug-likeness (QED) is 0.876. The SMILES string of the molecule is COC(=O)c1ccc(C(=O)NCc2sccc2C)nc1. The van der Waals surface area contributed by atoms with Gasteiger partial charge in [0.15, 0.2) is 0 Å². The number of hydrogen-bond acceptors (Lipinski definition) is 5. The van der Waals surface area contributed by atoms with Crippen molar-refractivity contribution in [3.8, 4) is 0 Å². The molecule has 0 radical (unpaired) electrons. The van der Waals surface area contributed by atoms with Crippen LogP contribution < -0.4 is 5.32 Å². The molecule has 20 heavy (non-hydrogen) atoms. The zero-order chi connectivity index (χ0) is 14.5. The summed E-state index contributed by atoms with van der Waals surface area (Å²) in [4.78, 5) is 28.2. The Kier molecular flexibility index (Phi) is 4.47. The third-order valence-corrected chi connectivity index (χ3v) is 3.82. The highest BCUT2D eigenvalue weighted by molar-refractivity contribution is 7.10. The van der Waals surface area contributed by atoms with Gasteiger partial charge in [0.05, 0.1) is 19.2 Å². The van der Waals surface area contributed by atoms with Crippen molar-refractivity contribution in [1.29, 1.82) is 0 Å². The Bertz CT molecular complexity index is 620. The Morgan fingerprint density at radius 1 is 1.35 bits per heavy atom. The second kappa shape index (κ2) is 6.29. The van der Waals surface area contributed by atoms with Crippen molar-refractivity contribution in [2.45, 2.75) is 13.5 Å². The number of carbonyl (C=O) groups excluding carboxylic acids is 2. The zero-order valence-corrected chi connectivity index (χ0v) is 12.0. The van der Waals surface area contributed by atoms with Crippen LogP contribution in [0.3, 0.4) is 0 Å². The first-order chi connectivity index (χ1) is 9.61. The molecule has 0 aliphatic rings. The molecule has 0 unspecified atom stereocenters. The summed E-state index contributed by atoms with van der Waals surface area (Å²) in [6.45, 7) is 2.48. The van der Waals surface area contributed by atoms with Crippen molar-refractivity contribution in [2.75, 3.05) is 7.11 Å². The molecule has 6 heteroatoms. The van der Waals surface area contributed by atoms with Crippen LogP contribution in [0.25, 0.3) is 0 Å². The van der Waals surface area contributed by atoms with Gasteiger partial charge in [0.2, 0.25) is 0 Å². The highest BCUT2D eigenvalue weighted by Gasteiger charge is 2.10. The highest BCUT2D eigenvalue weighted by Crippen LogP contribution is 2.15. The minimum absolute atomic E-state index is 0.269. The number of aromatic nitrogens is 1. The first-order valence-corrected chi connectivity index (χ1v) is 6.85. The van der Waals surface area contributed by atoms with Crippen LogP contribution in [-0.4, -0.2) is 24.0 Å². The number of carbonyl (C=O) groups is 2. The number of ether oxygens (including phenoxy) is 1. The fourth-order valence-electron chi connectivity index (χ4n) is 1.60. The van der Waals surface area contributed by atoms with Crippen LogP contribution in [0.1, 0.15) is 31.3 Å². The molecule has 0 aromatic carbocycles. The minimum Gasteiger partial charge on any atom is -0.465 e. The van der Waals surface area contributed by atoms with E-state index in [2.05, 4.69) is 15.0 Å². The number of esters is 1. The fraction of sp³-hybridized carbons (Fsp3) is 0.214. The fourth-order valence-corrected chi connectivity index (χ4v) is 2.45. The van der Waals surface area contributed by atoms with Crippen molar-refractivity contribution < 1.29 is 14.3 Å². The molecule has 0 atom stereocenters. The topological polar surface area (TPSA) is 68.3 Å². The second-order valence-electron chi connectivity index (χ2n) is 4.13. The van der Waals surface area contributed by atoms with Crippen molar-refractivity contribution in [3.63, 3.8) is 0 Å². The lowest BCUT2D eigenvalue weighted by Gasteiger charge is -2.05. The van der Waals surface area contributed by atoms with Gasteiger partial charge in [-0.1, -0.05) is 0 Å². The van der Waals surface area contributed by atoms with Gasteiger partial charge in [-0.25, -0.2) is 4.79 Å². The summed E-state index contributed by atoms with van der Waals surface area (Å²) in [5.41, 5.74) is 1.74. The molecule has 0 saturated heterocycles. The number of aryl methyl sites for hydroxylation is 1. The molecule has 0 saturated carbocycles. The molecular formula is C14H14N2O3S. The van der Waals surface area contributed by atoms with Crippen LogP contribution >= 0.6 is 11.3 Å². The van der Waals surface area contributed by atoms with Crippen molar-refractivity contribution in [3.05, 3.63) is 51.5 Å². The third-order valence-electron chi connectivity index (χ3n) is 2.79. The van der Waals surface area contributed by atoms with E-state index in [1.807, 2.05) is 18.4 Å². The summed E-state index contributed by atoms with van der Waals surface area (Å²) in [7, 11) is 1.30. The molecule has 5 nitrogen and oxygen atoms in total. The molecule has 104 valence electrons. The van der Waals surface area contributed by atoms with Gasteiger partial charge in [-0.15, -0.1) is 11.3 Å². The largest absolute Gasteiger partial charge is 0.465 e. The minimum atomic E-state index is -0.473. The van der Waals surface area contributed by atoms with E-state index in [1.165, 1.54) is 25.4 Å². The van der Waals surface area contributed by atoms with Crippen LogP contribution in [0, 0.1) is 6.92 Å². The Labute approximate surface area is 120 Å². The lowest BCUT2D eigenvalue weighted by Crippen LogP contribution is -2.23. The molecule has 0 spiro atoms. The van der Waals surface area contributed by atoms with E-state index < -0.39 is 5.97 Å². The van der Waals surface area contributed by atoms with Crippen LogP contribution in [0.5, 0.6) is 0 Å². The maximum atomic E-state index is 11.9. The molecule has 1 amide bonds. The number of hydrogen-bond donors (Lipinski definition) is 1. The summed E-state index contributed by atoms with van der Waals surface area (Å²) < 4.78 is 4.57. The Balaban J connectivity index is 1.99. The number of nitrogens with zero attached hydrogens (tertiary/aromatic N) is 1. The first kappa shape index (κ1) is 14.2. The number of methoxy groups -OCH3 is 1. The van der Waals surface area contributed by atoms with Crippen molar-refractivity contribution in [2.24, 2.45) is 0 Å². The molecule has 0 fully saturated rings. The lowest BCUT2D eigenvalue weighted by atomic mass is 10.2. The van der Waals surface area contributed by atoms with E-state index in [9.17, 15) is 9.59 Å². The van der Waals surface area contributed by atoms with Crippen LogP contribution in [0.2, 0.25) is 0 Å². The van der Waals surface area contributed by atoms with Crippen molar-refractivity contribution >= 4 is 23.2 Å². The van der Waals surface area contributed by atoms with Gasteiger partial charge in [-0.05, 0) is 36.1 Å². The Morgan fingerprint density at radius 3 is 2.70 bits per heavy atom. The van der Waals surface area contributed by atoms with Gasteiger partial charge in [0, 0.05) is 11.1 Å². The van der Waals surface area contributed by atoms with Gasteiger partial charge in [0.1, 0.15) is 5.69 Å². The molecule has 0 aliphatic carbocycles. The van der Waals surface area contributed by atoms with Gasteiger partial charge < -0.3 is 10.1 Å². The first-order valence-electron chi connectivity index (χ1n) is 5.97. The zero-order valence-electron chi connectivity index (χ0n) is 11.2. The van der Waals surface area contributed by atoms with E-state index in [0.29, 0.717) is 12.1 Å². The van der Waals surface area contributed by atoms with Crippen molar-refractivity contribution in [1.82, 2.24) is 10.3 Å². The normalized spacial score (nSPS) is 10.1. The van der Waals surface area contributed by atoms with E-state index >= 15 is 0 Å². The van der Waals surface area contributed by atoms with E-state index in [1.54, 1.807) is 11.3 Å². The number of rotatable bonds is 4. The monoisotopic (exact) mass is 290 g/mol. The molecule has 0 bridgehead atoms. The van der Waals surface area contributed by atoms with Crippen LogP contribution in [-0.2, 0) is 11.3 Å². The number of pyridine rings is 1. The predicted molar refractivity (Wildman–Crippen MR) is 75.8 cm³/mol. The molecule has 2 aromatic rings. The number of nitrogens with one attached hydrogen (secondary N) is 1. The van der Waals surface area contributed by atoms with Gasteiger partial charge in [-0.3, -0.25) is 9.78 Å². The summed E-state index contributed by atoms with van der Waals surface area (Å²) in [6.07, 6.45) is 1.33. The van der Waals surface area contributed by atoms with E-state index in [-0.39, 0.29) is 11.6 Å². The smallest absolute Gasteiger partial charge is 0.339 e. The number of thiophene rings is 1. The van der Waals surface area contributed by atoms with Gasteiger partial charge in [0.25, 0.3) is 5.91 Å². The maximum Gasteiger partial charge on any atom is 0.339 e. The predicted octanol–water partition coefficient (Wildman–Crippen LogP) is 2.17. The summed E-state index contributed by atoms with van der Waals surface area (Å²) in [5.74, 6) is -0.743. The molecule has 1 N–H and O–H groups in total. The second-order valence-corrected chi connectivity index (χ2v) is 5.13. The lowest BCUT2D eigenvalue weighted by molar-refractivity contribution is 0.0599. The summed E-state index contributed by atoms with van der Waals surface area (Å²) >= 11 is 1.60. The van der Waals surface area contributed by atoms with Gasteiger partial charge >= 0.3 is 5.97 Å². The van der Waals surface area contributed by atoms with E-state index in [4.69, 9.17) is 0 Å². The molecule has 0 aliphatic heterocycles. The number of amides is 1. The van der Waals surface area contributed by atoms with Crippen LogP contribution in [0.15, 0.2) is 29.8 Å². The summed E-state index contributed by atoms with van der Waals surface area (Å²) in [6, 6.07) is 5.03. The van der Waals surface area contributed by atoms with Gasteiger partial charge in [-0.2, -0.15) is 0 Å².